The van der Waals surface area contributed by atoms with Crippen LogP contribution in [0.3, 0.4) is 0 Å². The number of hydrogen-bond acceptors (Lipinski definition) is 2. The van der Waals surface area contributed by atoms with Crippen molar-refractivity contribution in [3.05, 3.63) is 29.3 Å². The molecule has 0 unspecified atom stereocenters. The Morgan fingerprint density at radius 1 is 1.31 bits per heavy atom. The fourth-order valence-corrected chi connectivity index (χ4v) is 2.23. The molecule has 0 bridgehead atoms. The first kappa shape index (κ1) is 11.7. The van der Waals surface area contributed by atoms with Gasteiger partial charge in [-0.25, -0.2) is 0 Å². The molecule has 2 nitrogen and oxygen atoms in total. The largest absolute Gasteiger partial charge is 0.492 e. The fraction of sp³-hybridized carbons (Fsp3) is 0.538. The normalized spacial score (nSPS) is 20.7. The van der Waals surface area contributed by atoms with E-state index in [0.29, 0.717) is 11.1 Å². The first-order valence-corrected chi connectivity index (χ1v) is 6.35. The maximum Gasteiger partial charge on any atom is 0.137 e. The van der Waals surface area contributed by atoms with Gasteiger partial charge in [0.1, 0.15) is 5.75 Å². The Balaban J connectivity index is 1.73. The lowest BCUT2D eigenvalue weighted by atomic mass is 10.0. The molecular formula is C13H18ClNO. The lowest BCUT2D eigenvalue weighted by Gasteiger charge is -2.23. The molecule has 0 spiro atoms. The number of halogens is 1. The molecule has 0 radical (unpaired) electrons. The van der Waals surface area contributed by atoms with Gasteiger partial charge >= 0.3 is 0 Å². The summed E-state index contributed by atoms with van der Waals surface area (Å²) < 4.78 is 5.67. The number of piperidine rings is 1. The van der Waals surface area contributed by atoms with Crippen molar-refractivity contribution in [2.45, 2.75) is 31.7 Å². The first-order valence-electron chi connectivity index (χ1n) is 5.97. The minimum atomic E-state index is 0.622. The highest BCUT2D eigenvalue weighted by molar-refractivity contribution is 6.32. The minimum Gasteiger partial charge on any atom is -0.492 e. The lowest BCUT2D eigenvalue weighted by Crippen LogP contribution is -2.35. The summed E-state index contributed by atoms with van der Waals surface area (Å²) in [5.41, 5.74) is 0. The van der Waals surface area contributed by atoms with Gasteiger partial charge in [0.05, 0.1) is 11.6 Å². The Kier molecular flexibility index (Phi) is 4.49. The third-order valence-electron chi connectivity index (χ3n) is 2.97. The molecule has 3 heteroatoms. The molecule has 0 aromatic heterocycles. The molecule has 0 aliphatic carbocycles. The molecule has 1 aromatic rings. The van der Waals surface area contributed by atoms with Crippen LogP contribution in [-0.4, -0.2) is 19.2 Å². The minimum absolute atomic E-state index is 0.622. The second-order valence-electron chi connectivity index (χ2n) is 4.21. The third kappa shape index (κ3) is 3.39. The van der Waals surface area contributed by atoms with Crippen molar-refractivity contribution in [2.75, 3.05) is 13.2 Å². The number of ether oxygens (including phenoxy) is 1. The van der Waals surface area contributed by atoms with Crippen molar-refractivity contribution in [3.63, 3.8) is 0 Å². The van der Waals surface area contributed by atoms with Crippen molar-refractivity contribution < 1.29 is 4.74 Å². The average Bonchev–Trinajstić information content (AvgIpc) is 2.33. The molecule has 1 heterocycles. The molecule has 1 fully saturated rings. The van der Waals surface area contributed by atoms with Gasteiger partial charge in [-0.3, -0.25) is 0 Å². The quantitative estimate of drug-likeness (QED) is 0.871. The van der Waals surface area contributed by atoms with E-state index in [1.54, 1.807) is 0 Å². The Morgan fingerprint density at radius 2 is 2.19 bits per heavy atom. The molecule has 16 heavy (non-hydrogen) atoms. The summed E-state index contributed by atoms with van der Waals surface area (Å²) in [6, 6.07) is 8.25. The van der Waals surface area contributed by atoms with Crippen LogP contribution >= 0.6 is 11.6 Å². The van der Waals surface area contributed by atoms with Crippen LogP contribution in [0.2, 0.25) is 5.02 Å². The molecule has 1 aromatic carbocycles. The van der Waals surface area contributed by atoms with Crippen LogP contribution in [0.5, 0.6) is 5.75 Å². The van der Waals surface area contributed by atoms with Crippen LogP contribution < -0.4 is 10.1 Å². The molecule has 0 amide bonds. The zero-order valence-electron chi connectivity index (χ0n) is 9.42. The van der Waals surface area contributed by atoms with Crippen LogP contribution in [-0.2, 0) is 0 Å². The van der Waals surface area contributed by atoms with Crippen molar-refractivity contribution >= 4 is 11.6 Å². The summed E-state index contributed by atoms with van der Waals surface area (Å²) in [5, 5.41) is 4.20. The van der Waals surface area contributed by atoms with Gasteiger partial charge in [0.25, 0.3) is 0 Å². The van der Waals surface area contributed by atoms with Crippen LogP contribution in [0.15, 0.2) is 24.3 Å². The Bertz CT molecular complexity index is 323. The summed E-state index contributed by atoms with van der Waals surface area (Å²) in [6.45, 7) is 1.89. The first-order chi connectivity index (χ1) is 7.86. The molecule has 1 aliphatic rings. The van der Waals surface area contributed by atoms with Gasteiger partial charge in [0, 0.05) is 6.04 Å². The van der Waals surface area contributed by atoms with E-state index in [9.17, 15) is 0 Å². The lowest BCUT2D eigenvalue weighted by molar-refractivity contribution is 0.268. The summed E-state index contributed by atoms with van der Waals surface area (Å²) in [4.78, 5) is 0. The highest BCUT2D eigenvalue weighted by atomic mass is 35.5. The van der Waals surface area contributed by atoms with Gasteiger partial charge in [-0.1, -0.05) is 30.2 Å². The molecule has 0 saturated carbocycles. The second kappa shape index (κ2) is 6.12. The predicted octanol–water partition coefficient (Wildman–Crippen LogP) is 3.25. The van der Waals surface area contributed by atoms with Gasteiger partial charge in [-0.2, -0.15) is 0 Å². The van der Waals surface area contributed by atoms with E-state index in [0.717, 1.165) is 25.3 Å². The molecular weight excluding hydrogens is 222 g/mol. The Morgan fingerprint density at radius 3 is 2.94 bits per heavy atom. The van der Waals surface area contributed by atoms with E-state index >= 15 is 0 Å². The standard InChI is InChI=1S/C13H18ClNO/c14-12-6-1-2-7-13(12)16-10-8-11-5-3-4-9-15-11/h1-2,6-7,11,15H,3-5,8-10H2/t11-/m1/s1. The molecule has 88 valence electrons. The predicted molar refractivity (Wildman–Crippen MR) is 67.2 cm³/mol. The fourth-order valence-electron chi connectivity index (χ4n) is 2.04. The van der Waals surface area contributed by atoms with E-state index in [2.05, 4.69) is 5.32 Å². The summed E-state index contributed by atoms with van der Waals surface area (Å²) in [7, 11) is 0. The number of para-hydroxylation sites is 1. The van der Waals surface area contributed by atoms with Crippen molar-refractivity contribution in [1.29, 1.82) is 0 Å². The van der Waals surface area contributed by atoms with Gasteiger partial charge < -0.3 is 10.1 Å². The molecule has 2 rings (SSSR count). The van der Waals surface area contributed by atoms with Crippen LogP contribution in [0.25, 0.3) is 0 Å². The highest BCUT2D eigenvalue weighted by Gasteiger charge is 2.12. The molecule has 1 atom stereocenters. The van der Waals surface area contributed by atoms with Crippen molar-refractivity contribution in [1.82, 2.24) is 5.32 Å². The van der Waals surface area contributed by atoms with Gasteiger partial charge in [0.15, 0.2) is 0 Å². The van der Waals surface area contributed by atoms with E-state index in [1.165, 1.54) is 19.3 Å². The number of hydrogen-bond donors (Lipinski definition) is 1. The van der Waals surface area contributed by atoms with Gasteiger partial charge in [0.2, 0.25) is 0 Å². The molecule has 1 N–H and O–H groups in total. The summed E-state index contributed by atoms with van der Waals surface area (Å²) in [5.74, 6) is 0.792. The van der Waals surface area contributed by atoms with Crippen LogP contribution in [0.1, 0.15) is 25.7 Å². The summed E-state index contributed by atoms with van der Waals surface area (Å²) in [6.07, 6.45) is 4.97. The van der Waals surface area contributed by atoms with E-state index in [1.807, 2.05) is 24.3 Å². The Labute approximate surface area is 102 Å². The number of benzene rings is 1. The SMILES string of the molecule is Clc1ccccc1OCC[C@H]1CCCCN1. The van der Waals surface area contributed by atoms with E-state index in [4.69, 9.17) is 16.3 Å². The smallest absolute Gasteiger partial charge is 0.137 e. The zero-order chi connectivity index (χ0) is 11.2. The van der Waals surface area contributed by atoms with E-state index in [-0.39, 0.29) is 0 Å². The van der Waals surface area contributed by atoms with Crippen LogP contribution in [0.4, 0.5) is 0 Å². The monoisotopic (exact) mass is 239 g/mol. The molecule has 1 aliphatic heterocycles. The zero-order valence-corrected chi connectivity index (χ0v) is 10.2. The maximum atomic E-state index is 6.01. The average molecular weight is 240 g/mol. The highest BCUT2D eigenvalue weighted by Crippen LogP contribution is 2.23. The van der Waals surface area contributed by atoms with Crippen molar-refractivity contribution in [3.8, 4) is 5.75 Å². The van der Waals surface area contributed by atoms with Crippen LogP contribution in [0, 0.1) is 0 Å². The Hall–Kier alpha value is -0.730. The maximum absolute atomic E-state index is 6.01. The summed E-state index contributed by atoms with van der Waals surface area (Å²) >= 11 is 6.01. The second-order valence-corrected chi connectivity index (χ2v) is 4.62. The number of nitrogens with one attached hydrogen (secondary N) is 1. The van der Waals surface area contributed by atoms with Crippen molar-refractivity contribution in [2.24, 2.45) is 0 Å². The molecule has 1 saturated heterocycles. The van der Waals surface area contributed by atoms with E-state index < -0.39 is 0 Å². The topological polar surface area (TPSA) is 21.3 Å². The number of rotatable bonds is 4. The van der Waals surface area contributed by atoms with Gasteiger partial charge in [-0.05, 0) is 37.9 Å². The van der Waals surface area contributed by atoms with Gasteiger partial charge in [-0.15, -0.1) is 0 Å². The third-order valence-corrected chi connectivity index (χ3v) is 3.29.